The standard InChI is InChI=1S/C13H16F3N3O2/c14-13(15,16)7-21-11-4-3-9(5-18-11)12(20)19-6-10(17)8-1-2-8/h3-5,8,10H,1-2,6-7,17H2,(H,19,20). The molecule has 1 aromatic heterocycles. The Morgan fingerprint density at radius 2 is 2.19 bits per heavy atom. The number of alkyl halides is 3. The number of hydrogen-bond donors (Lipinski definition) is 2. The van der Waals surface area contributed by atoms with Crippen LogP contribution in [0.4, 0.5) is 13.2 Å². The molecular weight excluding hydrogens is 287 g/mol. The molecule has 0 aliphatic heterocycles. The van der Waals surface area contributed by atoms with Gasteiger partial charge in [0.15, 0.2) is 6.61 Å². The molecule has 0 bridgehead atoms. The molecule has 1 heterocycles. The number of hydrogen-bond acceptors (Lipinski definition) is 4. The first-order valence-corrected chi connectivity index (χ1v) is 6.54. The molecule has 0 aromatic carbocycles. The highest BCUT2D eigenvalue weighted by Gasteiger charge is 2.29. The maximum absolute atomic E-state index is 12.0. The predicted molar refractivity (Wildman–Crippen MR) is 68.8 cm³/mol. The molecule has 116 valence electrons. The molecule has 1 aliphatic carbocycles. The molecule has 0 spiro atoms. The van der Waals surface area contributed by atoms with Crippen LogP contribution in [0.1, 0.15) is 23.2 Å². The van der Waals surface area contributed by atoms with E-state index in [0.717, 1.165) is 12.8 Å². The van der Waals surface area contributed by atoms with E-state index in [0.29, 0.717) is 12.5 Å². The fraction of sp³-hybridized carbons (Fsp3) is 0.538. The van der Waals surface area contributed by atoms with Gasteiger partial charge in [0.1, 0.15) is 0 Å². The maximum Gasteiger partial charge on any atom is 0.422 e. The number of nitrogens with two attached hydrogens (primary N) is 1. The second kappa shape index (κ2) is 6.30. The van der Waals surface area contributed by atoms with Gasteiger partial charge < -0.3 is 15.8 Å². The van der Waals surface area contributed by atoms with Crippen molar-refractivity contribution in [2.75, 3.05) is 13.2 Å². The van der Waals surface area contributed by atoms with E-state index < -0.39 is 12.8 Å². The van der Waals surface area contributed by atoms with Crippen molar-refractivity contribution >= 4 is 5.91 Å². The molecule has 1 saturated carbocycles. The smallest absolute Gasteiger partial charge is 0.422 e. The first kappa shape index (κ1) is 15.6. The van der Waals surface area contributed by atoms with Crippen molar-refractivity contribution in [2.45, 2.75) is 25.1 Å². The average molecular weight is 303 g/mol. The number of nitrogens with zero attached hydrogens (tertiary/aromatic N) is 1. The second-order valence-electron chi connectivity index (χ2n) is 5.00. The lowest BCUT2D eigenvalue weighted by Gasteiger charge is -2.12. The second-order valence-corrected chi connectivity index (χ2v) is 5.00. The van der Waals surface area contributed by atoms with Crippen LogP contribution in [0.3, 0.4) is 0 Å². The number of aromatic nitrogens is 1. The largest absolute Gasteiger partial charge is 0.468 e. The van der Waals surface area contributed by atoms with E-state index in [2.05, 4.69) is 15.0 Å². The van der Waals surface area contributed by atoms with Gasteiger partial charge in [-0.25, -0.2) is 4.98 Å². The van der Waals surface area contributed by atoms with E-state index >= 15 is 0 Å². The zero-order chi connectivity index (χ0) is 15.5. The molecule has 2 rings (SSSR count). The minimum absolute atomic E-state index is 0.0590. The number of pyridine rings is 1. The summed E-state index contributed by atoms with van der Waals surface area (Å²) in [5.74, 6) is -0.0684. The third-order valence-electron chi connectivity index (χ3n) is 3.11. The number of ether oxygens (including phenoxy) is 1. The van der Waals surface area contributed by atoms with Crippen molar-refractivity contribution < 1.29 is 22.7 Å². The lowest BCUT2D eigenvalue weighted by atomic mass is 10.2. The Morgan fingerprint density at radius 3 is 2.71 bits per heavy atom. The summed E-state index contributed by atoms with van der Waals surface area (Å²) in [7, 11) is 0. The number of rotatable bonds is 6. The zero-order valence-electron chi connectivity index (χ0n) is 11.2. The third-order valence-corrected chi connectivity index (χ3v) is 3.11. The van der Waals surface area contributed by atoms with E-state index in [1.807, 2.05) is 0 Å². The van der Waals surface area contributed by atoms with E-state index in [1.54, 1.807) is 0 Å². The molecule has 8 heteroatoms. The predicted octanol–water partition coefficient (Wildman–Crippen LogP) is 1.49. The molecule has 1 atom stereocenters. The molecule has 1 aliphatic rings. The lowest BCUT2D eigenvalue weighted by molar-refractivity contribution is -0.154. The molecule has 5 nitrogen and oxygen atoms in total. The van der Waals surface area contributed by atoms with Crippen molar-refractivity contribution in [3.05, 3.63) is 23.9 Å². The van der Waals surface area contributed by atoms with E-state index in [9.17, 15) is 18.0 Å². The third kappa shape index (κ3) is 5.22. The molecule has 3 N–H and O–H groups in total. The first-order valence-electron chi connectivity index (χ1n) is 6.54. The SMILES string of the molecule is NC(CNC(=O)c1ccc(OCC(F)(F)F)nc1)C1CC1. The Labute approximate surface area is 119 Å². The van der Waals surface area contributed by atoms with Gasteiger partial charge in [-0.3, -0.25) is 4.79 Å². The summed E-state index contributed by atoms with van der Waals surface area (Å²) in [6, 6.07) is 2.52. The first-order chi connectivity index (χ1) is 9.85. The van der Waals surface area contributed by atoms with Gasteiger partial charge in [0, 0.05) is 24.8 Å². The van der Waals surface area contributed by atoms with Gasteiger partial charge in [0.2, 0.25) is 5.88 Å². The van der Waals surface area contributed by atoms with Crippen LogP contribution in [0.15, 0.2) is 18.3 Å². The summed E-state index contributed by atoms with van der Waals surface area (Å²) < 4.78 is 40.4. The average Bonchev–Trinajstić information content (AvgIpc) is 3.26. The highest BCUT2D eigenvalue weighted by Crippen LogP contribution is 2.31. The summed E-state index contributed by atoms with van der Waals surface area (Å²) in [5.41, 5.74) is 6.10. The van der Waals surface area contributed by atoms with Gasteiger partial charge >= 0.3 is 6.18 Å². The van der Waals surface area contributed by atoms with Crippen LogP contribution in [-0.2, 0) is 0 Å². The molecular formula is C13H16F3N3O2. The van der Waals surface area contributed by atoms with Gasteiger partial charge in [0.05, 0.1) is 5.56 Å². The Hall–Kier alpha value is -1.83. The van der Waals surface area contributed by atoms with Crippen LogP contribution in [0.2, 0.25) is 0 Å². The van der Waals surface area contributed by atoms with Crippen molar-refractivity contribution in [1.82, 2.24) is 10.3 Å². The van der Waals surface area contributed by atoms with Crippen LogP contribution in [0.5, 0.6) is 5.88 Å². The molecule has 0 saturated heterocycles. The number of carbonyl (C=O) groups is 1. The summed E-state index contributed by atoms with van der Waals surface area (Å²) in [4.78, 5) is 15.5. The molecule has 1 unspecified atom stereocenters. The van der Waals surface area contributed by atoms with Gasteiger partial charge in [-0.05, 0) is 24.8 Å². The highest BCUT2D eigenvalue weighted by molar-refractivity contribution is 5.93. The van der Waals surface area contributed by atoms with Crippen LogP contribution in [0, 0.1) is 5.92 Å². The monoisotopic (exact) mass is 303 g/mol. The summed E-state index contributed by atoms with van der Waals surface area (Å²) >= 11 is 0. The molecule has 0 radical (unpaired) electrons. The van der Waals surface area contributed by atoms with Crippen molar-refractivity contribution in [1.29, 1.82) is 0 Å². The zero-order valence-corrected chi connectivity index (χ0v) is 11.2. The lowest BCUT2D eigenvalue weighted by Crippen LogP contribution is -2.38. The number of carbonyl (C=O) groups excluding carboxylic acids is 1. The molecule has 1 fully saturated rings. The topological polar surface area (TPSA) is 77.2 Å². The van der Waals surface area contributed by atoms with Crippen LogP contribution >= 0.6 is 0 Å². The molecule has 21 heavy (non-hydrogen) atoms. The van der Waals surface area contributed by atoms with Crippen molar-refractivity contribution in [3.8, 4) is 5.88 Å². The maximum atomic E-state index is 12.0. The van der Waals surface area contributed by atoms with Gasteiger partial charge in [0.25, 0.3) is 5.91 Å². The minimum atomic E-state index is -4.42. The molecule has 1 amide bonds. The number of halogens is 3. The van der Waals surface area contributed by atoms with E-state index in [4.69, 9.17) is 5.73 Å². The van der Waals surface area contributed by atoms with Crippen LogP contribution in [0.25, 0.3) is 0 Å². The van der Waals surface area contributed by atoms with Gasteiger partial charge in [-0.15, -0.1) is 0 Å². The summed E-state index contributed by atoms with van der Waals surface area (Å²) in [6.07, 6.45) is -1.08. The minimum Gasteiger partial charge on any atom is -0.468 e. The Bertz CT molecular complexity index is 486. The van der Waals surface area contributed by atoms with Crippen LogP contribution < -0.4 is 15.8 Å². The summed E-state index contributed by atoms with van der Waals surface area (Å²) in [5, 5.41) is 2.67. The van der Waals surface area contributed by atoms with Gasteiger partial charge in [-0.2, -0.15) is 13.2 Å². The quantitative estimate of drug-likeness (QED) is 0.834. The summed E-state index contributed by atoms with van der Waals surface area (Å²) in [6.45, 7) is -1.04. The Balaban J connectivity index is 1.81. The molecule has 1 aromatic rings. The fourth-order valence-electron chi connectivity index (χ4n) is 1.76. The van der Waals surface area contributed by atoms with Gasteiger partial charge in [-0.1, -0.05) is 0 Å². The highest BCUT2D eigenvalue weighted by atomic mass is 19.4. The van der Waals surface area contributed by atoms with Crippen molar-refractivity contribution in [3.63, 3.8) is 0 Å². The Kier molecular flexibility index (Phi) is 4.66. The van der Waals surface area contributed by atoms with E-state index in [-0.39, 0.29) is 23.4 Å². The Morgan fingerprint density at radius 1 is 1.48 bits per heavy atom. The fourth-order valence-corrected chi connectivity index (χ4v) is 1.76. The number of amides is 1. The van der Waals surface area contributed by atoms with E-state index in [1.165, 1.54) is 18.3 Å². The van der Waals surface area contributed by atoms with Crippen molar-refractivity contribution in [2.24, 2.45) is 11.7 Å². The van der Waals surface area contributed by atoms with Crippen LogP contribution in [-0.4, -0.2) is 36.3 Å². The normalized spacial score (nSPS) is 16.4. The number of nitrogens with one attached hydrogen (secondary N) is 1.